The number of halogens is 1. The van der Waals surface area contributed by atoms with Gasteiger partial charge in [0.05, 0.1) is 11.0 Å². The lowest BCUT2D eigenvalue weighted by Gasteiger charge is -2.37. The van der Waals surface area contributed by atoms with Crippen LogP contribution in [0.15, 0.2) is 53.4 Å². The lowest BCUT2D eigenvalue weighted by molar-refractivity contribution is -0.139. The summed E-state index contributed by atoms with van der Waals surface area (Å²) in [5.74, 6) is -0.740. The summed E-state index contributed by atoms with van der Waals surface area (Å²) in [7, 11) is -2.62. The van der Waals surface area contributed by atoms with Crippen LogP contribution in [-0.2, 0) is 26.2 Å². The molecule has 0 aliphatic carbocycles. The van der Waals surface area contributed by atoms with Crippen molar-refractivity contribution in [3.05, 3.63) is 59.9 Å². The summed E-state index contributed by atoms with van der Waals surface area (Å²) in [6, 6.07) is 10.5. The zero-order valence-corrected chi connectivity index (χ0v) is 17.1. The second-order valence-corrected chi connectivity index (χ2v) is 8.73. The number of carbonyl (C=O) groups is 1. The monoisotopic (exact) mass is 438 g/mol. The standard InChI is InChI=1S/C20H23FN2O6S/c1-28-18-3-2-12-23(19(18)20(24)22-25)30(26,27)17-10-8-16(9-11-17)29-13-14-4-6-15(21)7-5-14/h4-11,18-19,25H,2-3,12-13H2,1H3,(H,22,24). The van der Waals surface area contributed by atoms with Gasteiger partial charge in [-0.2, -0.15) is 4.31 Å². The van der Waals surface area contributed by atoms with E-state index in [1.807, 2.05) is 0 Å². The van der Waals surface area contributed by atoms with Crippen molar-refractivity contribution in [2.45, 2.75) is 36.5 Å². The minimum absolute atomic E-state index is 0.0101. The molecule has 10 heteroatoms. The minimum atomic E-state index is -4.01. The van der Waals surface area contributed by atoms with Crippen LogP contribution in [-0.4, -0.2) is 49.6 Å². The summed E-state index contributed by atoms with van der Waals surface area (Å²) in [5, 5.41) is 9.05. The van der Waals surface area contributed by atoms with Gasteiger partial charge in [0.25, 0.3) is 5.91 Å². The molecule has 0 radical (unpaired) electrons. The maximum Gasteiger partial charge on any atom is 0.264 e. The van der Waals surface area contributed by atoms with Crippen LogP contribution in [0.25, 0.3) is 0 Å². The van der Waals surface area contributed by atoms with Gasteiger partial charge in [0.15, 0.2) is 0 Å². The molecule has 0 spiro atoms. The second kappa shape index (κ2) is 9.52. The SMILES string of the molecule is COC1CCCN(S(=O)(=O)c2ccc(OCc3ccc(F)cc3)cc2)C1C(=O)NO. The van der Waals surface area contributed by atoms with Gasteiger partial charge in [0.2, 0.25) is 10.0 Å². The summed E-state index contributed by atoms with van der Waals surface area (Å²) in [5.41, 5.74) is 2.30. The highest BCUT2D eigenvalue weighted by molar-refractivity contribution is 7.89. The van der Waals surface area contributed by atoms with Crippen LogP contribution in [0.5, 0.6) is 5.75 Å². The van der Waals surface area contributed by atoms with Crippen molar-refractivity contribution in [3.63, 3.8) is 0 Å². The van der Waals surface area contributed by atoms with E-state index in [1.165, 1.54) is 49.0 Å². The van der Waals surface area contributed by atoms with Crippen molar-refractivity contribution in [2.75, 3.05) is 13.7 Å². The van der Waals surface area contributed by atoms with Gasteiger partial charge in [-0.3, -0.25) is 10.0 Å². The third kappa shape index (κ3) is 4.78. The molecule has 3 rings (SSSR count). The van der Waals surface area contributed by atoms with Crippen molar-refractivity contribution < 1.29 is 32.3 Å². The zero-order valence-electron chi connectivity index (χ0n) is 16.3. The molecule has 2 aromatic carbocycles. The van der Waals surface area contributed by atoms with Gasteiger partial charge in [0.1, 0.15) is 24.2 Å². The maximum atomic E-state index is 13.1. The quantitative estimate of drug-likeness (QED) is 0.507. The summed E-state index contributed by atoms with van der Waals surface area (Å²) in [6.45, 7) is 0.329. The van der Waals surface area contributed by atoms with Crippen molar-refractivity contribution in [2.24, 2.45) is 0 Å². The largest absolute Gasteiger partial charge is 0.489 e. The average Bonchev–Trinajstić information content (AvgIpc) is 2.77. The molecule has 2 atom stereocenters. The van der Waals surface area contributed by atoms with Gasteiger partial charge in [-0.15, -0.1) is 0 Å². The highest BCUT2D eigenvalue weighted by Crippen LogP contribution is 2.28. The summed E-state index contributed by atoms with van der Waals surface area (Å²) >= 11 is 0. The Morgan fingerprint density at radius 3 is 2.47 bits per heavy atom. The van der Waals surface area contributed by atoms with Crippen LogP contribution in [0.3, 0.4) is 0 Å². The Morgan fingerprint density at radius 2 is 1.87 bits per heavy atom. The lowest BCUT2D eigenvalue weighted by Crippen LogP contribution is -2.58. The van der Waals surface area contributed by atoms with Gasteiger partial charge in [0, 0.05) is 13.7 Å². The predicted octanol–water partition coefficient (Wildman–Crippen LogP) is 2.08. The normalized spacial score (nSPS) is 20.0. The van der Waals surface area contributed by atoms with Gasteiger partial charge in [-0.1, -0.05) is 12.1 Å². The number of carbonyl (C=O) groups excluding carboxylic acids is 1. The Hall–Kier alpha value is -2.53. The molecule has 2 aromatic rings. The fourth-order valence-corrected chi connectivity index (χ4v) is 5.05. The van der Waals surface area contributed by atoms with Crippen molar-refractivity contribution in [1.82, 2.24) is 9.79 Å². The summed E-state index contributed by atoms with van der Waals surface area (Å²) in [4.78, 5) is 12.1. The third-order valence-corrected chi connectivity index (χ3v) is 6.86. The molecule has 1 aliphatic rings. The zero-order chi connectivity index (χ0) is 21.7. The molecule has 162 valence electrons. The Balaban J connectivity index is 1.76. The number of methoxy groups -OCH3 is 1. The third-order valence-electron chi connectivity index (χ3n) is 4.96. The average molecular weight is 438 g/mol. The number of hydrogen-bond donors (Lipinski definition) is 2. The van der Waals surface area contributed by atoms with Crippen molar-refractivity contribution >= 4 is 15.9 Å². The number of amides is 1. The van der Waals surface area contributed by atoms with E-state index in [1.54, 1.807) is 12.1 Å². The number of hydroxylamine groups is 1. The molecule has 2 N–H and O–H groups in total. The number of sulfonamides is 1. The Bertz CT molecular complexity index is 966. The molecule has 8 nitrogen and oxygen atoms in total. The number of piperidine rings is 1. The van der Waals surface area contributed by atoms with Crippen molar-refractivity contribution in [1.29, 1.82) is 0 Å². The van der Waals surface area contributed by atoms with E-state index in [9.17, 15) is 17.6 Å². The van der Waals surface area contributed by atoms with Crippen LogP contribution in [0.4, 0.5) is 4.39 Å². The molecule has 1 amide bonds. The molecule has 2 unspecified atom stereocenters. The molecule has 0 aromatic heterocycles. The number of nitrogens with one attached hydrogen (secondary N) is 1. The predicted molar refractivity (Wildman–Crippen MR) is 105 cm³/mol. The van der Waals surface area contributed by atoms with E-state index < -0.39 is 28.1 Å². The Labute approximate surface area is 174 Å². The van der Waals surface area contributed by atoms with Gasteiger partial charge < -0.3 is 9.47 Å². The first-order valence-electron chi connectivity index (χ1n) is 9.32. The Morgan fingerprint density at radius 1 is 1.20 bits per heavy atom. The molecule has 1 heterocycles. The molecule has 0 saturated carbocycles. The van der Waals surface area contributed by atoms with E-state index in [-0.39, 0.29) is 23.9 Å². The van der Waals surface area contributed by atoms with Crippen LogP contribution in [0.1, 0.15) is 18.4 Å². The van der Waals surface area contributed by atoms with Gasteiger partial charge in [-0.25, -0.2) is 18.3 Å². The summed E-state index contributed by atoms with van der Waals surface area (Å²) in [6.07, 6.45) is 0.349. The highest BCUT2D eigenvalue weighted by atomic mass is 32.2. The molecule has 1 fully saturated rings. The molecular formula is C20H23FN2O6S. The van der Waals surface area contributed by atoms with E-state index in [4.69, 9.17) is 14.7 Å². The topological polar surface area (TPSA) is 105 Å². The van der Waals surface area contributed by atoms with E-state index in [0.29, 0.717) is 18.6 Å². The van der Waals surface area contributed by atoms with E-state index in [0.717, 1.165) is 9.87 Å². The highest BCUT2D eigenvalue weighted by Gasteiger charge is 2.43. The van der Waals surface area contributed by atoms with Crippen LogP contribution >= 0.6 is 0 Å². The number of rotatable bonds is 7. The molecule has 1 saturated heterocycles. The number of nitrogens with zero attached hydrogens (tertiary/aromatic N) is 1. The van der Waals surface area contributed by atoms with Crippen molar-refractivity contribution in [3.8, 4) is 5.75 Å². The molecular weight excluding hydrogens is 415 g/mol. The lowest BCUT2D eigenvalue weighted by atomic mass is 10.0. The van der Waals surface area contributed by atoms with E-state index in [2.05, 4.69) is 0 Å². The van der Waals surface area contributed by atoms with Crippen LogP contribution in [0, 0.1) is 5.82 Å². The first kappa shape index (κ1) is 22.2. The molecule has 1 aliphatic heterocycles. The first-order valence-corrected chi connectivity index (χ1v) is 10.8. The maximum absolute atomic E-state index is 13.1. The summed E-state index contributed by atoms with van der Waals surface area (Å²) < 4.78 is 51.1. The van der Waals surface area contributed by atoms with E-state index >= 15 is 0 Å². The first-order chi connectivity index (χ1) is 14.4. The number of hydrogen-bond acceptors (Lipinski definition) is 6. The van der Waals surface area contributed by atoms with Crippen LogP contribution in [0.2, 0.25) is 0 Å². The second-order valence-electron chi connectivity index (χ2n) is 6.84. The van der Waals surface area contributed by atoms with Gasteiger partial charge >= 0.3 is 0 Å². The molecule has 30 heavy (non-hydrogen) atoms. The molecule has 0 bridgehead atoms. The smallest absolute Gasteiger partial charge is 0.264 e. The fraction of sp³-hybridized carbons (Fsp3) is 0.350. The Kier molecular flexibility index (Phi) is 7.03. The fourth-order valence-electron chi connectivity index (χ4n) is 3.40. The number of benzene rings is 2. The van der Waals surface area contributed by atoms with Gasteiger partial charge in [-0.05, 0) is 54.8 Å². The number of ether oxygens (including phenoxy) is 2. The minimum Gasteiger partial charge on any atom is -0.489 e. The van der Waals surface area contributed by atoms with Crippen LogP contribution < -0.4 is 10.2 Å².